The lowest BCUT2D eigenvalue weighted by atomic mass is 10.2. The van der Waals surface area contributed by atoms with Crippen LogP contribution in [0.4, 0.5) is 4.39 Å². The molecule has 1 aliphatic heterocycles. The summed E-state index contributed by atoms with van der Waals surface area (Å²) in [5, 5.41) is 3.29. The van der Waals surface area contributed by atoms with Crippen LogP contribution in [0.3, 0.4) is 0 Å². The maximum atomic E-state index is 13.4. The average molecular weight is 301 g/mol. The van der Waals surface area contributed by atoms with Gasteiger partial charge in [0.2, 0.25) is 0 Å². The van der Waals surface area contributed by atoms with Crippen molar-refractivity contribution in [3.8, 4) is 0 Å². The first kappa shape index (κ1) is 13.0. The van der Waals surface area contributed by atoms with Gasteiger partial charge < -0.3 is 10.2 Å². The topological polar surface area (TPSA) is 15.3 Å². The van der Waals surface area contributed by atoms with Gasteiger partial charge in [-0.3, -0.25) is 0 Å². The molecule has 0 unspecified atom stereocenters. The van der Waals surface area contributed by atoms with Crippen LogP contribution in [0.25, 0.3) is 0 Å². The second-order valence-electron chi connectivity index (χ2n) is 4.46. The van der Waals surface area contributed by atoms with Crippen LogP contribution in [0.15, 0.2) is 22.7 Å². The number of nitrogens with zero attached hydrogens (tertiary/aromatic N) is 1. The smallest absolute Gasteiger partial charge is 0.127 e. The number of hydrogen-bond acceptors (Lipinski definition) is 2. The molecule has 0 bridgehead atoms. The predicted octanol–water partition coefficient (Wildman–Crippen LogP) is 2.77. The Morgan fingerprint density at radius 1 is 1.29 bits per heavy atom. The quantitative estimate of drug-likeness (QED) is 0.841. The average Bonchev–Trinajstić information content (AvgIpc) is 2.82. The highest BCUT2D eigenvalue weighted by atomic mass is 79.9. The van der Waals surface area contributed by atoms with Crippen molar-refractivity contribution in [2.24, 2.45) is 0 Å². The lowest BCUT2D eigenvalue weighted by molar-refractivity contribution is 0.335. The van der Waals surface area contributed by atoms with Crippen molar-refractivity contribution >= 4 is 15.9 Å². The van der Waals surface area contributed by atoms with E-state index in [2.05, 4.69) is 26.1 Å². The summed E-state index contributed by atoms with van der Waals surface area (Å²) >= 11 is 3.36. The molecule has 2 nitrogen and oxygen atoms in total. The lowest BCUT2D eigenvalue weighted by Gasteiger charge is -2.14. The van der Waals surface area contributed by atoms with E-state index in [9.17, 15) is 4.39 Å². The molecular formula is C13H18BrFN2. The van der Waals surface area contributed by atoms with Crippen LogP contribution >= 0.6 is 15.9 Å². The van der Waals surface area contributed by atoms with Crippen molar-refractivity contribution in [3.05, 3.63) is 34.1 Å². The molecule has 2 rings (SSSR count). The number of nitrogens with one attached hydrogen (secondary N) is 1. The van der Waals surface area contributed by atoms with Gasteiger partial charge in [-0.15, -0.1) is 0 Å². The molecule has 17 heavy (non-hydrogen) atoms. The van der Waals surface area contributed by atoms with E-state index in [1.807, 2.05) is 6.07 Å². The standard InChI is InChI=1S/C13H18BrFN2/c14-12-3-4-13(15)11(9-12)10-16-5-8-17-6-1-2-7-17/h3-4,9,16H,1-2,5-8,10H2. The number of halogens is 2. The molecule has 4 heteroatoms. The van der Waals surface area contributed by atoms with Crippen molar-refractivity contribution < 1.29 is 4.39 Å². The maximum absolute atomic E-state index is 13.4. The van der Waals surface area contributed by atoms with Gasteiger partial charge in [-0.25, -0.2) is 4.39 Å². The molecule has 1 heterocycles. The fraction of sp³-hybridized carbons (Fsp3) is 0.538. The first-order chi connectivity index (χ1) is 8.25. The lowest BCUT2D eigenvalue weighted by Crippen LogP contribution is -2.29. The van der Waals surface area contributed by atoms with E-state index in [1.165, 1.54) is 32.0 Å². The Kier molecular flexibility index (Phi) is 4.95. The van der Waals surface area contributed by atoms with Gasteiger partial charge in [0.15, 0.2) is 0 Å². The van der Waals surface area contributed by atoms with Crippen molar-refractivity contribution in [1.29, 1.82) is 0 Å². The molecule has 0 amide bonds. The molecule has 0 aromatic heterocycles. The fourth-order valence-corrected chi connectivity index (χ4v) is 2.55. The molecular weight excluding hydrogens is 283 g/mol. The molecule has 1 fully saturated rings. The predicted molar refractivity (Wildman–Crippen MR) is 71.5 cm³/mol. The third kappa shape index (κ3) is 4.05. The van der Waals surface area contributed by atoms with Crippen LogP contribution in [-0.2, 0) is 6.54 Å². The Labute approximate surface area is 110 Å². The summed E-state index contributed by atoms with van der Waals surface area (Å²) in [5.41, 5.74) is 0.723. The molecule has 94 valence electrons. The molecule has 1 aliphatic rings. The minimum Gasteiger partial charge on any atom is -0.311 e. The van der Waals surface area contributed by atoms with Crippen molar-refractivity contribution in [2.75, 3.05) is 26.2 Å². The van der Waals surface area contributed by atoms with Crippen molar-refractivity contribution in [3.63, 3.8) is 0 Å². The van der Waals surface area contributed by atoms with Gasteiger partial charge in [-0.2, -0.15) is 0 Å². The van der Waals surface area contributed by atoms with Gasteiger partial charge in [0, 0.05) is 29.7 Å². The Morgan fingerprint density at radius 3 is 2.82 bits per heavy atom. The number of benzene rings is 1. The zero-order valence-electron chi connectivity index (χ0n) is 9.88. The van der Waals surface area contributed by atoms with Gasteiger partial charge in [-0.05, 0) is 44.1 Å². The molecule has 1 N–H and O–H groups in total. The van der Waals surface area contributed by atoms with E-state index >= 15 is 0 Å². The van der Waals surface area contributed by atoms with E-state index in [-0.39, 0.29) is 5.82 Å². The summed E-state index contributed by atoms with van der Waals surface area (Å²) in [6.45, 7) is 5.01. The third-order valence-corrected chi connectivity index (χ3v) is 3.62. The van der Waals surface area contributed by atoms with Gasteiger partial charge >= 0.3 is 0 Å². The van der Waals surface area contributed by atoms with E-state index in [0.29, 0.717) is 6.54 Å². The second-order valence-corrected chi connectivity index (χ2v) is 5.38. The normalized spacial score (nSPS) is 16.6. The Morgan fingerprint density at radius 2 is 2.06 bits per heavy atom. The highest BCUT2D eigenvalue weighted by molar-refractivity contribution is 9.10. The molecule has 0 saturated carbocycles. The number of rotatable bonds is 5. The maximum Gasteiger partial charge on any atom is 0.127 e. The zero-order valence-corrected chi connectivity index (χ0v) is 11.5. The monoisotopic (exact) mass is 300 g/mol. The number of likely N-dealkylation sites (tertiary alicyclic amines) is 1. The summed E-state index contributed by atoms with van der Waals surface area (Å²) in [6.07, 6.45) is 2.64. The zero-order chi connectivity index (χ0) is 12.1. The van der Waals surface area contributed by atoms with Crippen LogP contribution in [0.1, 0.15) is 18.4 Å². The third-order valence-electron chi connectivity index (χ3n) is 3.13. The highest BCUT2D eigenvalue weighted by Gasteiger charge is 2.10. The van der Waals surface area contributed by atoms with E-state index < -0.39 is 0 Å². The summed E-state index contributed by atoms with van der Waals surface area (Å²) in [4.78, 5) is 2.45. The van der Waals surface area contributed by atoms with Crippen LogP contribution in [0, 0.1) is 5.82 Å². The van der Waals surface area contributed by atoms with Crippen LogP contribution in [0.5, 0.6) is 0 Å². The summed E-state index contributed by atoms with van der Waals surface area (Å²) < 4.78 is 14.4. The first-order valence-corrected chi connectivity index (χ1v) is 6.92. The van der Waals surface area contributed by atoms with Crippen LogP contribution < -0.4 is 5.32 Å². The second kappa shape index (κ2) is 6.47. The molecule has 1 aromatic rings. The van der Waals surface area contributed by atoms with E-state index in [0.717, 1.165) is 23.1 Å². The van der Waals surface area contributed by atoms with Crippen LogP contribution in [-0.4, -0.2) is 31.1 Å². The van der Waals surface area contributed by atoms with Gasteiger partial charge in [0.25, 0.3) is 0 Å². The molecule has 0 atom stereocenters. The molecule has 0 aliphatic carbocycles. The van der Waals surface area contributed by atoms with Gasteiger partial charge in [0.1, 0.15) is 5.82 Å². The van der Waals surface area contributed by atoms with Crippen LogP contribution in [0.2, 0.25) is 0 Å². The Hall–Kier alpha value is -0.450. The first-order valence-electron chi connectivity index (χ1n) is 6.13. The fourth-order valence-electron chi connectivity index (χ4n) is 2.15. The minimum atomic E-state index is -0.137. The largest absolute Gasteiger partial charge is 0.311 e. The summed E-state index contributed by atoms with van der Waals surface area (Å²) in [7, 11) is 0. The summed E-state index contributed by atoms with van der Waals surface area (Å²) in [5.74, 6) is -0.137. The molecule has 0 spiro atoms. The highest BCUT2D eigenvalue weighted by Crippen LogP contribution is 2.15. The Bertz CT molecular complexity index is 364. The van der Waals surface area contributed by atoms with Gasteiger partial charge in [-0.1, -0.05) is 15.9 Å². The van der Waals surface area contributed by atoms with Crippen molar-refractivity contribution in [1.82, 2.24) is 10.2 Å². The van der Waals surface area contributed by atoms with Crippen molar-refractivity contribution in [2.45, 2.75) is 19.4 Å². The van der Waals surface area contributed by atoms with E-state index in [1.54, 1.807) is 6.07 Å². The molecule has 1 saturated heterocycles. The molecule has 1 aromatic carbocycles. The number of hydrogen-bond donors (Lipinski definition) is 1. The Balaban J connectivity index is 1.72. The summed E-state index contributed by atoms with van der Waals surface area (Å²) in [6, 6.07) is 5.06. The SMILES string of the molecule is Fc1ccc(Br)cc1CNCCN1CCCC1. The van der Waals surface area contributed by atoms with E-state index in [4.69, 9.17) is 0 Å². The van der Waals surface area contributed by atoms with Gasteiger partial charge in [0.05, 0.1) is 0 Å². The minimum absolute atomic E-state index is 0.137. The molecule has 0 radical (unpaired) electrons.